The van der Waals surface area contributed by atoms with E-state index in [2.05, 4.69) is 0 Å². The summed E-state index contributed by atoms with van der Waals surface area (Å²) in [5.41, 5.74) is 1.56. The number of aliphatic hydroxyl groups excluding tert-OH is 1. The van der Waals surface area contributed by atoms with Crippen molar-refractivity contribution in [2.75, 3.05) is 25.2 Å². The third-order valence-electron chi connectivity index (χ3n) is 6.94. The molecule has 9 nitrogen and oxygen atoms in total. The van der Waals surface area contributed by atoms with Crippen LogP contribution in [0.1, 0.15) is 42.4 Å². The summed E-state index contributed by atoms with van der Waals surface area (Å²) in [5, 5.41) is 12.2. The van der Waals surface area contributed by atoms with Crippen LogP contribution >= 0.6 is 11.3 Å². The molecule has 0 saturated carbocycles. The fourth-order valence-corrected chi connectivity index (χ4v) is 6.03. The molecule has 0 fully saturated rings. The van der Waals surface area contributed by atoms with Crippen LogP contribution in [0.15, 0.2) is 82.5 Å². The summed E-state index contributed by atoms with van der Waals surface area (Å²) >= 11 is 1.27. The van der Waals surface area contributed by atoms with Gasteiger partial charge in [0, 0.05) is 5.39 Å². The molecule has 0 aliphatic carbocycles. The predicted molar refractivity (Wildman–Crippen MR) is 160 cm³/mol. The first-order valence-corrected chi connectivity index (χ1v) is 14.4. The van der Waals surface area contributed by atoms with Crippen LogP contribution in [0.25, 0.3) is 21.2 Å². The molecular formula is C32H28N2O7S. The van der Waals surface area contributed by atoms with E-state index in [0.717, 1.165) is 11.1 Å². The second kappa shape index (κ2) is 11.2. The van der Waals surface area contributed by atoms with Gasteiger partial charge in [-0.05, 0) is 61.4 Å². The van der Waals surface area contributed by atoms with Crippen LogP contribution in [0.3, 0.4) is 0 Å². The van der Waals surface area contributed by atoms with E-state index in [9.17, 15) is 14.7 Å². The van der Waals surface area contributed by atoms with Gasteiger partial charge in [0.15, 0.2) is 28.0 Å². The Hall–Kier alpha value is -4.83. The van der Waals surface area contributed by atoms with E-state index < -0.39 is 23.5 Å². The number of Topliss-reactive ketones (excluding diaryl/α,β-unsaturated/α-hetero) is 1. The van der Waals surface area contributed by atoms with Crippen molar-refractivity contribution in [1.29, 1.82) is 0 Å². The molecule has 42 heavy (non-hydrogen) atoms. The van der Waals surface area contributed by atoms with Crippen LogP contribution in [0.2, 0.25) is 0 Å². The van der Waals surface area contributed by atoms with Gasteiger partial charge in [-0.3, -0.25) is 14.5 Å². The molecule has 0 spiro atoms. The summed E-state index contributed by atoms with van der Waals surface area (Å²) in [6, 6.07) is 18.5. The van der Waals surface area contributed by atoms with Crippen LogP contribution in [0, 0.1) is 0 Å². The monoisotopic (exact) mass is 584 g/mol. The number of nitrogens with zero attached hydrogens (tertiary/aromatic N) is 2. The molecule has 1 amide bonds. The molecule has 2 aromatic heterocycles. The standard InChI is InChI=1S/C32H28N2O7S/c1-4-15-40-20-11-9-18(10-12-20)27-26(28(35)24-16-19-7-6-8-23(38-3)30(19)41-24)29(36)31(37)34(27)32-33-22-14-13-21(39-5-2)17-25(22)42-32/h6-14,16-17,27,36H,4-5,15H2,1-3H3. The predicted octanol–water partition coefficient (Wildman–Crippen LogP) is 7.02. The zero-order valence-electron chi connectivity index (χ0n) is 23.2. The van der Waals surface area contributed by atoms with Crippen LogP contribution < -0.4 is 19.1 Å². The molecule has 0 radical (unpaired) electrons. The molecule has 6 rings (SSSR count). The van der Waals surface area contributed by atoms with E-state index in [4.69, 9.17) is 23.6 Å². The Bertz CT molecular complexity index is 1840. The number of aliphatic hydroxyl groups is 1. The number of amides is 1. The van der Waals surface area contributed by atoms with Crippen molar-refractivity contribution in [2.45, 2.75) is 26.3 Å². The maximum Gasteiger partial charge on any atom is 0.296 e. The second-order valence-electron chi connectivity index (χ2n) is 9.63. The van der Waals surface area contributed by atoms with E-state index in [0.29, 0.717) is 57.6 Å². The SMILES string of the molecule is CCCOc1ccc(C2C(C(=O)c3cc4cccc(OC)c4o3)=C(O)C(=O)N2c2nc3ccc(OCC)cc3s2)cc1. The van der Waals surface area contributed by atoms with Gasteiger partial charge in [0.25, 0.3) is 5.91 Å². The van der Waals surface area contributed by atoms with Crippen molar-refractivity contribution in [3.05, 3.63) is 89.4 Å². The highest BCUT2D eigenvalue weighted by Gasteiger charge is 2.46. The molecule has 1 N–H and O–H groups in total. The van der Waals surface area contributed by atoms with Gasteiger partial charge >= 0.3 is 0 Å². The van der Waals surface area contributed by atoms with Gasteiger partial charge in [0.05, 0.1) is 42.2 Å². The first-order chi connectivity index (χ1) is 20.4. The highest BCUT2D eigenvalue weighted by atomic mass is 32.1. The lowest BCUT2D eigenvalue weighted by Crippen LogP contribution is -2.30. The first-order valence-electron chi connectivity index (χ1n) is 13.6. The van der Waals surface area contributed by atoms with Gasteiger partial charge in [-0.25, -0.2) is 4.98 Å². The average Bonchev–Trinajstić information content (AvgIpc) is 3.70. The summed E-state index contributed by atoms with van der Waals surface area (Å²) < 4.78 is 23.5. The highest BCUT2D eigenvalue weighted by molar-refractivity contribution is 7.22. The molecular weight excluding hydrogens is 556 g/mol. The molecule has 1 aliphatic heterocycles. The molecule has 1 atom stereocenters. The van der Waals surface area contributed by atoms with Gasteiger partial charge < -0.3 is 23.7 Å². The van der Waals surface area contributed by atoms with Gasteiger partial charge in [-0.1, -0.05) is 42.5 Å². The molecule has 1 aliphatic rings. The molecule has 0 saturated heterocycles. The Morgan fingerprint density at radius 2 is 1.83 bits per heavy atom. The number of hydrogen-bond acceptors (Lipinski definition) is 9. The smallest absolute Gasteiger partial charge is 0.296 e. The van der Waals surface area contributed by atoms with E-state index >= 15 is 0 Å². The van der Waals surface area contributed by atoms with E-state index in [1.54, 1.807) is 48.5 Å². The Kier molecular flexibility index (Phi) is 7.30. The number of anilines is 1. The van der Waals surface area contributed by atoms with Crippen molar-refractivity contribution in [2.24, 2.45) is 0 Å². The zero-order valence-corrected chi connectivity index (χ0v) is 24.1. The molecule has 10 heteroatoms. The number of aromatic nitrogens is 1. The van der Waals surface area contributed by atoms with Crippen LogP contribution in [0.4, 0.5) is 5.13 Å². The van der Waals surface area contributed by atoms with Crippen molar-refractivity contribution in [1.82, 2.24) is 4.98 Å². The molecule has 3 heterocycles. The Morgan fingerprint density at radius 1 is 1.05 bits per heavy atom. The summed E-state index contributed by atoms with van der Waals surface area (Å²) in [6.07, 6.45) is 0.854. The number of rotatable bonds is 10. The third kappa shape index (κ3) is 4.73. The molecule has 0 bridgehead atoms. The summed E-state index contributed by atoms with van der Waals surface area (Å²) in [6.45, 7) is 4.99. The van der Waals surface area contributed by atoms with E-state index in [1.165, 1.54) is 23.3 Å². The molecule has 3 aromatic carbocycles. The number of hydrogen-bond donors (Lipinski definition) is 1. The molecule has 1 unspecified atom stereocenters. The highest BCUT2D eigenvalue weighted by Crippen LogP contribution is 2.45. The average molecular weight is 585 g/mol. The maximum atomic E-state index is 14.0. The van der Waals surface area contributed by atoms with Crippen LogP contribution in [-0.2, 0) is 4.79 Å². The van der Waals surface area contributed by atoms with Gasteiger partial charge in [-0.2, -0.15) is 0 Å². The number of carbonyl (C=O) groups is 2. The summed E-state index contributed by atoms with van der Waals surface area (Å²) in [7, 11) is 1.51. The first kappa shape index (κ1) is 27.3. The molecule has 214 valence electrons. The van der Waals surface area contributed by atoms with Crippen molar-refractivity contribution in [3.63, 3.8) is 0 Å². The number of ketones is 1. The minimum Gasteiger partial charge on any atom is -0.503 e. The maximum absolute atomic E-state index is 14.0. The number of ether oxygens (including phenoxy) is 3. The van der Waals surface area contributed by atoms with Gasteiger partial charge in [0.2, 0.25) is 5.78 Å². The Balaban J connectivity index is 1.46. The molecule has 5 aromatic rings. The zero-order chi connectivity index (χ0) is 29.4. The number of thiazole rings is 1. The van der Waals surface area contributed by atoms with Crippen molar-refractivity contribution >= 4 is 49.3 Å². The number of para-hydroxylation sites is 1. The number of benzene rings is 3. The fraction of sp³-hybridized carbons (Fsp3) is 0.219. The van der Waals surface area contributed by atoms with Gasteiger partial charge in [-0.15, -0.1) is 0 Å². The van der Waals surface area contributed by atoms with Crippen molar-refractivity contribution < 1.29 is 33.3 Å². The Labute approximate surface area is 245 Å². The van der Waals surface area contributed by atoms with Crippen LogP contribution in [-0.4, -0.2) is 42.1 Å². The number of methoxy groups -OCH3 is 1. The van der Waals surface area contributed by atoms with E-state index in [1.807, 2.05) is 32.0 Å². The normalized spacial score (nSPS) is 15.2. The minimum atomic E-state index is -0.966. The number of carbonyl (C=O) groups excluding carboxylic acids is 2. The summed E-state index contributed by atoms with van der Waals surface area (Å²) in [4.78, 5) is 33.8. The van der Waals surface area contributed by atoms with Crippen molar-refractivity contribution in [3.8, 4) is 17.2 Å². The second-order valence-corrected chi connectivity index (χ2v) is 10.6. The Morgan fingerprint density at radius 3 is 2.57 bits per heavy atom. The largest absolute Gasteiger partial charge is 0.503 e. The minimum absolute atomic E-state index is 0.0238. The number of fused-ring (bicyclic) bond motifs is 2. The lowest BCUT2D eigenvalue weighted by Gasteiger charge is -2.24. The third-order valence-corrected chi connectivity index (χ3v) is 7.96. The lowest BCUT2D eigenvalue weighted by atomic mass is 9.95. The lowest BCUT2D eigenvalue weighted by molar-refractivity contribution is -0.117. The summed E-state index contributed by atoms with van der Waals surface area (Å²) in [5.74, 6) is -0.212. The van der Waals surface area contributed by atoms with E-state index in [-0.39, 0.29) is 11.3 Å². The topological polar surface area (TPSA) is 111 Å². The van der Waals surface area contributed by atoms with Crippen LogP contribution in [0.5, 0.6) is 17.2 Å². The van der Waals surface area contributed by atoms with Gasteiger partial charge in [0.1, 0.15) is 11.5 Å². The number of furan rings is 1. The quantitative estimate of drug-likeness (QED) is 0.174. The fourth-order valence-electron chi connectivity index (χ4n) is 5.01.